The number of ketones is 1. The number of carbonyl (C=O) groups excluding carboxylic acids is 2. The summed E-state index contributed by atoms with van der Waals surface area (Å²) in [5, 5.41) is 80.4. The average Bonchev–Trinajstić information content (AvgIpc) is 3.00. The number of esters is 1. The number of hydrogen-bond donors (Lipinski definition) is 8. The van der Waals surface area contributed by atoms with E-state index in [0.717, 1.165) is 18.2 Å². The molecule has 5 atom stereocenters. The highest BCUT2D eigenvalue weighted by Crippen LogP contribution is 2.45. The van der Waals surface area contributed by atoms with Gasteiger partial charge in [-0.1, -0.05) is 6.07 Å². The highest BCUT2D eigenvalue weighted by molar-refractivity contribution is 5.98. The summed E-state index contributed by atoms with van der Waals surface area (Å²) in [5.74, 6) is -10.1. The normalized spacial score (nSPS) is 26.4. The molecule has 8 N–H and O–H groups in total. The molecular weight excluding hydrogens is 516 g/mol. The Morgan fingerprint density at radius 3 is 2.33 bits per heavy atom. The minimum Gasteiger partial charge on any atom is -0.508 e. The van der Waals surface area contributed by atoms with Crippen LogP contribution in [0.1, 0.15) is 23.7 Å². The lowest BCUT2D eigenvalue weighted by molar-refractivity contribution is -0.159. The van der Waals surface area contributed by atoms with Gasteiger partial charge in [0.2, 0.25) is 5.78 Å². The Bertz CT molecular complexity index is 1470. The number of ether oxygens (including phenoxy) is 2. The average molecular weight is 540 g/mol. The van der Waals surface area contributed by atoms with Crippen LogP contribution in [0.25, 0.3) is 0 Å². The standard InChI is InChI=1S/C27H24O12/c28-13-7-16(30)14-9-21(26(38-20(14)8-13)10-1-2-15(29)17(31)4-10)39-27(37)12-3-11-5-19(33)24(35)25(36)22(11)23(34)18(32)6-12/h1-2,4-8,11-12,21-22,26,28-33,35-36H,3,9H2/t11?,12?,21-,22?,26-/m1/s1. The second-order valence-electron chi connectivity index (χ2n) is 9.59. The third kappa shape index (κ3) is 4.49. The van der Waals surface area contributed by atoms with E-state index in [1.807, 2.05) is 0 Å². The van der Waals surface area contributed by atoms with Crippen LogP contribution in [0.3, 0.4) is 0 Å². The molecule has 0 amide bonds. The van der Waals surface area contributed by atoms with Gasteiger partial charge in [-0.25, -0.2) is 0 Å². The SMILES string of the molecule is O=C(O[C@@H]1Cc2c(O)cc(O)cc2O[C@@H]1c1ccc(O)c(O)c1)C1C=C(O)C(=O)C2C(O)=C(O)C(O)=CC2C1. The molecule has 0 fully saturated rings. The van der Waals surface area contributed by atoms with Crippen LogP contribution in [0.2, 0.25) is 0 Å². The number of aromatic hydroxyl groups is 4. The van der Waals surface area contributed by atoms with Gasteiger partial charge in [-0.15, -0.1) is 0 Å². The van der Waals surface area contributed by atoms with Crippen LogP contribution in [0.4, 0.5) is 0 Å². The molecule has 0 aromatic heterocycles. The monoisotopic (exact) mass is 540 g/mol. The van der Waals surface area contributed by atoms with E-state index in [1.165, 1.54) is 24.3 Å². The maximum absolute atomic E-state index is 13.4. The molecule has 39 heavy (non-hydrogen) atoms. The summed E-state index contributed by atoms with van der Waals surface area (Å²) in [6.45, 7) is 0. The minimum atomic E-state index is -1.42. The molecule has 0 saturated carbocycles. The Morgan fingerprint density at radius 1 is 0.872 bits per heavy atom. The van der Waals surface area contributed by atoms with Crippen molar-refractivity contribution in [2.45, 2.75) is 25.0 Å². The van der Waals surface area contributed by atoms with Crippen molar-refractivity contribution in [2.75, 3.05) is 0 Å². The summed E-state index contributed by atoms with van der Waals surface area (Å²) in [7, 11) is 0. The van der Waals surface area contributed by atoms with Crippen molar-refractivity contribution in [3.05, 3.63) is 76.6 Å². The van der Waals surface area contributed by atoms with Crippen molar-refractivity contribution >= 4 is 11.8 Å². The van der Waals surface area contributed by atoms with E-state index in [0.29, 0.717) is 0 Å². The fraction of sp³-hybridized carbons (Fsp3) is 0.259. The third-order valence-electron chi connectivity index (χ3n) is 7.07. The predicted octanol–water partition coefficient (Wildman–Crippen LogP) is 3.14. The van der Waals surface area contributed by atoms with Crippen molar-refractivity contribution in [3.63, 3.8) is 0 Å². The van der Waals surface area contributed by atoms with Gasteiger partial charge in [0, 0.05) is 29.7 Å². The van der Waals surface area contributed by atoms with Crippen molar-refractivity contribution in [3.8, 4) is 28.7 Å². The van der Waals surface area contributed by atoms with Crippen LogP contribution in [0.5, 0.6) is 28.7 Å². The lowest BCUT2D eigenvalue weighted by Crippen LogP contribution is -2.36. The number of fused-ring (bicyclic) bond motifs is 2. The second-order valence-corrected chi connectivity index (χ2v) is 9.59. The highest BCUT2D eigenvalue weighted by Gasteiger charge is 2.44. The Kier molecular flexibility index (Phi) is 6.17. The molecule has 2 aliphatic carbocycles. The summed E-state index contributed by atoms with van der Waals surface area (Å²) in [6, 6.07) is 6.17. The number of allylic oxidation sites excluding steroid dienone is 3. The molecule has 5 rings (SSSR count). The Morgan fingerprint density at radius 2 is 1.62 bits per heavy atom. The Labute approximate surface area is 220 Å². The van der Waals surface area contributed by atoms with E-state index in [-0.39, 0.29) is 41.2 Å². The van der Waals surface area contributed by atoms with Crippen LogP contribution in [0.15, 0.2) is 65.5 Å². The maximum atomic E-state index is 13.4. The van der Waals surface area contributed by atoms with Crippen LogP contribution in [-0.4, -0.2) is 58.7 Å². The molecule has 2 aromatic carbocycles. The lowest BCUT2D eigenvalue weighted by Gasteiger charge is -2.34. The summed E-state index contributed by atoms with van der Waals surface area (Å²) >= 11 is 0. The first-order chi connectivity index (χ1) is 18.4. The number of benzene rings is 2. The number of carbonyl (C=O) groups is 2. The van der Waals surface area contributed by atoms with E-state index in [1.54, 1.807) is 0 Å². The van der Waals surface area contributed by atoms with Gasteiger partial charge in [0.25, 0.3) is 0 Å². The zero-order valence-corrected chi connectivity index (χ0v) is 20.1. The molecule has 0 saturated heterocycles. The van der Waals surface area contributed by atoms with Gasteiger partial charge in [-0.3, -0.25) is 9.59 Å². The number of hydrogen-bond acceptors (Lipinski definition) is 12. The molecule has 0 bridgehead atoms. The molecule has 12 nitrogen and oxygen atoms in total. The molecule has 2 aromatic rings. The number of rotatable bonds is 3. The molecule has 3 unspecified atom stereocenters. The summed E-state index contributed by atoms with van der Waals surface area (Å²) < 4.78 is 11.7. The van der Waals surface area contributed by atoms with Gasteiger partial charge in [0.15, 0.2) is 34.9 Å². The number of Topliss-reactive ketones (excluding diaryl/α,β-unsaturated/α-hetero) is 1. The van der Waals surface area contributed by atoms with E-state index in [2.05, 4.69) is 0 Å². The molecule has 3 aliphatic rings. The first-order valence-corrected chi connectivity index (χ1v) is 11.9. The zero-order chi connectivity index (χ0) is 28.2. The van der Waals surface area contributed by atoms with E-state index in [9.17, 15) is 50.4 Å². The molecule has 12 heteroatoms. The lowest BCUT2D eigenvalue weighted by atomic mass is 9.79. The second kappa shape index (κ2) is 9.39. The van der Waals surface area contributed by atoms with Gasteiger partial charge < -0.3 is 50.3 Å². The highest BCUT2D eigenvalue weighted by atomic mass is 16.6. The fourth-order valence-corrected chi connectivity index (χ4v) is 5.13. The molecule has 0 radical (unpaired) electrons. The van der Waals surface area contributed by atoms with E-state index in [4.69, 9.17) is 9.47 Å². The molecule has 1 heterocycles. The first kappa shape index (κ1) is 25.6. The van der Waals surface area contributed by atoms with Crippen molar-refractivity contribution in [1.82, 2.24) is 0 Å². The molecular formula is C27H24O12. The fourth-order valence-electron chi connectivity index (χ4n) is 5.13. The van der Waals surface area contributed by atoms with Gasteiger partial charge in [0.05, 0.1) is 11.8 Å². The molecule has 1 aliphatic heterocycles. The number of aliphatic hydroxyl groups is 4. The zero-order valence-electron chi connectivity index (χ0n) is 20.1. The smallest absolute Gasteiger partial charge is 0.313 e. The minimum absolute atomic E-state index is 0.0923. The third-order valence-corrected chi connectivity index (χ3v) is 7.07. The first-order valence-electron chi connectivity index (χ1n) is 11.9. The van der Waals surface area contributed by atoms with E-state index >= 15 is 0 Å². The predicted molar refractivity (Wildman–Crippen MR) is 130 cm³/mol. The summed E-state index contributed by atoms with van der Waals surface area (Å²) in [6.07, 6.45) is -0.403. The molecule has 204 valence electrons. The molecule has 0 spiro atoms. The number of phenols is 4. The van der Waals surface area contributed by atoms with Crippen LogP contribution < -0.4 is 4.74 Å². The van der Waals surface area contributed by atoms with Crippen LogP contribution in [-0.2, 0) is 20.7 Å². The van der Waals surface area contributed by atoms with Crippen molar-refractivity contribution in [1.29, 1.82) is 0 Å². The van der Waals surface area contributed by atoms with E-state index < -0.39 is 76.2 Å². The van der Waals surface area contributed by atoms with Gasteiger partial charge in [0.1, 0.15) is 29.1 Å². The Balaban J connectivity index is 1.47. The van der Waals surface area contributed by atoms with Gasteiger partial charge in [-0.2, -0.15) is 0 Å². The maximum Gasteiger partial charge on any atom is 0.313 e. The number of aliphatic hydroxyl groups excluding tert-OH is 4. The summed E-state index contributed by atoms with van der Waals surface area (Å²) in [5.41, 5.74) is 0.516. The largest absolute Gasteiger partial charge is 0.508 e. The van der Waals surface area contributed by atoms with Crippen LogP contribution in [0, 0.1) is 17.8 Å². The van der Waals surface area contributed by atoms with Gasteiger partial charge >= 0.3 is 5.97 Å². The Hall–Kier alpha value is -5.00. The topological polar surface area (TPSA) is 214 Å². The van der Waals surface area contributed by atoms with Crippen LogP contribution >= 0.6 is 0 Å². The quantitative estimate of drug-likeness (QED) is 0.208. The number of phenolic OH excluding ortho intramolecular Hbond substituents is 4. The van der Waals surface area contributed by atoms with Gasteiger partial charge in [-0.05, 0) is 36.6 Å². The summed E-state index contributed by atoms with van der Waals surface area (Å²) in [4.78, 5) is 26.1. The van der Waals surface area contributed by atoms with Crippen molar-refractivity contribution < 1.29 is 59.9 Å². The van der Waals surface area contributed by atoms with Crippen molar-refractivity contribution in [2.24, 2.45) is 17.8 Å².